The lowest BCUT2D eigenvalue weighted by molar-refractivity contribution is -0.142. The molecule has 0 radical (unpaired) electrons. The molecule has 14 N–H and O–H groups in total. The van der Waals surface area contributed by atoms with Crippen LogP contribution in [-0.2, 0) is 24.0 Å². The van der Waals surface area contributed by atoms with Crippen molar-refractivity contribution in [3.05, 3.63) is 0 Å². The zero-order valence-corrected chi connectivity index (χ0v) is 25.1. The van der Waals surface area contributed by atoms with E-state index in [1.54, 1.807) is 0 Å². The third-order valence-electron chi connectivity index (χ3n) is 6.60. The second kappa shape index (κ2) is 22.7. The van der Waals surface area contributed by atoms with Gasteiger partial charge in [-0.1, -0.05) is 13.8 Å². The number of aliphatic hydroxyl groups excluding tert-OH is 1. The first-order chi connectivity index (χ1) is 19.9. The van der Waals surface area contributed by atoms with Crippen molar-refractivity contribution >= 4 is 29.6 Å². The minimum absolute atomic E-state index is 0.154. The minimum Gasteiger partial charge on any atom is -0.480 e. The molecule has 42 heavy (non-hydrogen) atoms. The summed E-state index contributed by atoms with van der Waals surface area (Å²) in [6, 6.07) is -5.62. The van der Waals surface area contributed by atoms with Gasteiger partial charge in [-0.25, -0.2) is 4.79 Å². The van der Waals surface area contributed by atoms with Crippen molar-refractivity contribution in [3.8, 4) is 0 Å². The van der Waals surface area contributed by atoms with E-state index in [2.05, 4.69) is 21.3 Å². The van der Waals surface area contributed by atoms with Crippen LogP contribution in [0.2, 0.25) is 0 Å². The number of unbranched alkanes of at least 4 members (excludes halogenated alkanes) is 3. The molecule has 0 aliphatic rings. The lowest BCUT2D eigenvalue weighted by atomic mass is 10.0. The fraction of sp³-hybridized carbons (Fsp3) is 0.815. The zero-order valence-electron chi connectivity index (χ0n) is 25.1. The molecule has 0 saturated heterocycles. The van der Waals surface area contributed by atoms with Gasteiger partial charge in [0.2, 0.25) is 23.6 Å². The maximum atomic E-state index is 13.1. The molecule has 0 aromatic heterocycles. The molecule has 5 atom stereocenters. The Bertz CT molecular complexity index is 830. The van der Waals surface area contributed by atoms with Crippen molar-refractivity contribution in [2.45, 2.75) is 108 Å². The van der Waals surface area contributed by atoms with Crippen LogP contribution in [0.25, 0.3) is 0 Å². The predicted molar refractivity (Wildman–Crippen MR) is 159 cm³/mol. The van der Waals surface area contributed by atoms with E-state index in [9.17, 15) is 34.2 Å². The molecule has 15 nitrogen and oxygen atoms in total. The Balaban J connectivity index is 5.59. The number of carbonyl (C=O) groups excluding carboxylic acids is 4. The van der Waals surface area contributed by atoms with Gasteiger partial charge in [0.25, 0.3) is 0 Å². The van der Waals surface area contributed by atoms with Crippen LogP contribution >= 0.6 is 0 Å². The number of carboxylic acids is 1. The summed E-state index contributed by atoms with van der Waals surface area (Å²) in [5.74, 6) is -3.85. The van der Waals surface area contributed by atoms with Crippen LogP contribution in [0.3, 0.4) is 0 Å². The summed E-state index contributed by atoms with van der Waals surface area (Å²) in [4.78, 5) is 63.5. The Hall–Kier alpha value is -2.85. The molecule has 0 spiro atoms. The molecule has 4 amide bonds. The fourth-order valence-corrected chi connectivity index (χ4v) is 4.18. The third kappa shape index (κ3) is 16.6. The molecule has 0 bridgehead atoms. The van der Waals surface area contributed by atoms with Gasteiger partial charge in [0.15, 0.2) is 0 Å². The Morgan fingerprint density at radius 2 is 0.952 bits per heavy atom. The second-order valence-electron chi connectivity index (χ2n) is 10.9. The van der Waals surface area contributed by atoms with Gasteiger partial charge >= 0.3 is 5.97 Å². The fourth-order valence-electron chi connectivity index (χ4n) is 4.18. The van der Waals surface area contributed by atoms with Crippen LogP contribution in [0.4, 0.5) is 0 Å². The number of carbonyl (C=O) groups is 5. The largest absolute Gasteiger partial charge is 0.480 e. The number of amides is 4. The Labute approximate surface area is 248 Å². The maximum Gasteiger partial charge on any atom is 0.326 e. The average Bonchev–Trinajstić information content (AvgIpc) is 2.93. The SMILES string of the molecule is CC(C)CC(N)C(=O)NC(CCCCN)C(=O)NC(CO)C(=O)NC(CCCCN)C(=O)NC(CCCCN)C(=O)O. The maximum absolute atomic E-state index is 13.1. The van der Waals surface area contributed by atoms with Crippen molar-refractivity contribution in [1.29, 1.82) is 0 Å². The highest BCUT2D eigenvalue weighted by molar-refractivity contribution is 5.95. The second-order valence-corrected chi connectivity index (χ2v) is 10.9. The first-order valence-electron chi connectivity index (χ1n) is 14.8. The quantitative estimate of drug-likeness (QED) is 0.0527. The van der Waals surface area contributed by atoms with E-state index in [1.165, 1.54) is 0 Å². The molecular weight excluding hydrogens is 548 g/mol. The third-order valence-corrected chi connectivity index (χ3v) is 6.60. The molecule has 0 aromatic rings. The van der Waals surface area contributed by atoms with E-state index in [0.29, 0.717) is 64.6 Å². The molecule has 5 unspecified atom stereocenters. The molecular formula is C27H54N8O7. The number of hydrogen-bond donors (Lipinski definition) is 10. The van der Waals surface area contributed by atoms with Gasteiger partial charge in [-0.05, 0) is 89.8 Å². The Kier molecular flexibility index (Phi) is 21.2. The van der Waals surface area contributed by atoms with Gasteiger partial charge in [0.1, 0.15) is 24.2 Å². The van der Waals surface area contributed by atoms with Crippen molar-refractivity contribution in [2.24, 2.45) is 28.9 Å². The van der Waals surface area contributed by atoms with E-state index in [-0.39, 0.29) is 25.2 Å². The van der Waals surface area contributed by atoms with Gasteiger partial charge in [0, 0.05) is 0 Å². The van der Waals surface area contributed by atoms with E-state index >= 15 is 0 Å². The summed E-state index contributed by atoms with van der Waals surface area (Å²) in [5, 5.41) is 29.5. The first kappa shape index (κ1) is 39.1. The van der Waals surface area contributed by atoms with Gasteiger partial charge in [-0.3, -0.25) is 19.2 Å². The lowest BCUT2D eigenvalue weighted by Crippen LogP contribution is -2.59. The summed E-state index contributed by atoms with van der Waals surface area (Å²) in [6.07, 6.45) is 4.17. The van der Waals surface area contributed by atoms with E-state index in [0.717, 1.165) is 0 Å². The Morgan fingerprint density at radius 1 is 0.595 bits per heavy atom. The molecule has 244 valence electrons. The molecule has 0 aliphatic heterocycles. The highest BCUT2D eigenvalue weighted by atomic mass is 16.4. The molecule has 15 heteroatoms. The van der Waals surface area contributed by atoms with Crippen LogP contribution in [0.5, 0.6) is 0 Å². The summed E-state index contributed by atoms with van der Waals surface area (Å²) in [5.41, 5.74) is 22.5. The molecule has 0 aromatic carbocycles. The topological polar surface area (TPSA) is 278 Å². The van der Waals surface area contributed by atoms with Crippen LogP contribution < -0.4 is 44.2 Å². The highest BCUT2D eigenvalue weighted by Gasteiger charge is 2.31. The number of aliphatic carboxylic acids is 1. The predicted octanol–water partition coefficient (Wildman–Crippen LogP) is -2.24. The molecule has 0 saturated carbocycles. The van der Waals surface area contributed by atoms with Gasteiger partial charge in [-0.2, -0.15) is 0 Å². The van der Waals surface area contributed by atoms with Gasteiger partial charge < -0.3 is 54.4 Å². The van der Waals surface area contributed by atoms with Crippen molar-refractivity contribution in [3.63, 3.8) is 0 Å². The summed E-state index contributed by atoms with van der Waals surface area (Å²) in [6.45, 7) is 4.16. The average molecular weight is 603 g/mol. The first-order valence-corrected chi connectivity index (χ1v) is 14.8. The van der Waals surface area contributed by atoms with Crippen LogP contribution in [0, 0.1) is 5.92 Å². The Morgan fingerprint density at radius 3 is 1.33 bits per heavy atom. The van der Waals surface area contributed by atoms with Crippen molar-refractivity contribution in [2.75, 3.05) is 26.2 Å². The number of hydrogen-bond acceptors (Lipinski definition) is 10. The summed E-state index contributed by atoms with van der Waals surface area (Å²) >= 11 is 0. The zero-order chi connectivity index (χ0) is 32.1. The van der Waals surface area contributed by atoms with Crippen LogP contribution in [0.15, 0.2) is 0 Å². The number of carboxylic acid groups (broad SMARTS) is 1. The number of rotatable bonds is 24. The van der Waals surface area contributed by atoms with Gasteiger partial charge in [0.05, 0.1) is 12.6 Å². The van der Waals surface area contributed by atoms with Crippen LogP contribution in [0.1, 0.15) is 78.1 Å². The van der Waals surface area contributed by atoms with Crippen molar-refractivity contribution < 1.29 is 34.2 Å². The molecule has 0 rings (SSSR count). The smallest absolute Gasteiger partial charge is 0.326 e. The summed E-state index contributed by atoms with van der Waals surface area (Å²) < 4.78 is 0. The normalized spacial score (nSPS) is 14.8. The lowest BCUT2D eigenvalue weighted by Gasteiger charge is -2.26. The van der Waals surface area contributed by atoms with E-state index < -0.39 is 66.4 Å². The monoisotopic (exact) mass is 602 g/mol. The van der Waals surface area contributed by atoms with Crippen LogP contribution in [-0.4, -0.2) is 96.3 Å². The molecule has 0 heterocycles. The number of aliphatic hydroxyl groups is 1. The molecule has 0 fully saturated rings. The number of nitrogens with one attached hydrogen (secondary N) is 4. The molecule has 0 aliphatic carbocycles. The standard InChI is InChI=1S/C27H54N8O7/c1-17(2)15-18(31)23(37)32-19(9-3-6-12-28)25(39)35-22(16-36)26(40)33-20(10-4-7-13-29)24(38)34-21(27(41)42)11-5-8-14-30/h17-22,36H,3-16,28-31H2,1-2H3,(H,32,37)(H,33,40)(H,34,38)(H,35,39)(H,41,42). The van der Waals surface area contributed by atoms with Crippen molar-refractivity contribution in [1.82, 2.24) is 21.3 Å². The van der Waals surface area contributed by atoms with E-state index in [4.69, 9.17) is 22.9 Å². The highest BCUT2D eigenvalue weighted by Crippen LogP contribution is 2.08. The van der Waals surface area contributed by atoms with E-state index in [1.807, 2.05) is 13.8 Å². The van der Waals surface area contributed by atoms with Gasteiger partial charge in [-0.15, -0.1) is 0 Å². The summed E-state index contributed by atoms with van der Waals surface area (Å²) in [7, 11) is 0. The minimum atomic E-state index is -1.44. The number of nitrogens with two attached hydrogens (primary N) is 4.